The highest BCUT2D eigenvalue weighted by Gasteiger charge is 2.16. The predicted octanol–water partition coefficient (Wildman–Crippen LogP) is 4.07. The van der Waals surface area contributed by atoms with Crippen LogP contribution in [0.3, 0.4) is 0 Å². The molecule has 4 rings (SSSR count). The number of carbonyl (C=O) groups excluding carboxylic acids is 1. The fourth-order valence-corrected chi connectivity index (χ4v) is 3.47. The van der Waals surface area contributed by atoms with Crippen LogP contribution in [0.5, 0.6) is 5.75 Å². The molecule has 4 aromatic rings. The van der Waals surface area contributed by atoms with Crippen molar-refractivity contribution in [2.24, 2.45) is 0 Å². The molecule has 0 aliphatic rings. The van der Waals surface area contributed by atoms with Crippen molar-refractivity contribution in [2.75, 3.05) is 14.2 Å². The minimum absolute atomic E-state index is 0.102. The van der Waals surface area contributed by atoms with Crippen molar-refractivity contribution in [2.45, 2.75) is 13.1 Å². The van der Waals surface area contributed by atoms with Crippen molar-refractivity contribution in [1.82, 2.24) is 9.47 Å². The van der Waals surface area contributed by atoms with Crippen LogP contribution in [0.25, 0.3) is 21.9 Å². The molecule has 0 fully saturated rings. The van der Waals surface area contributed by atoms with Crippen LogP contribution in [0.2, 0.25) is 5.02 Å². The molecule has 6 nitrogen and oxygen atoms in total. The van der Waals surface area contributed by atoms with Crippen LogP contribution >= 0.6 is 11.6 Å². The van der Waals surface area contributed by atoms with E-state index in [1.54, 1.807) is 37.3 Å². The highest BCUT2D eigenvalue weighted by molar-refractivity contribution is 6.31. The van der Waals surface area contributed by atoms with E-state index in [1.807, 2.05) is 36.4 Å². The first kappa shape index (κ1) is 19.1. The number of carbonyl (C=O) groups is 1. The summed E-state index contributed by atoms with van der Waals surface area (Å²) in [6.07, 6.45) is 0. The van der Waals surface area contributed by atoms with Crippen LogP contribution in [0.15, 0.2) is 63.8 Å². The van der Waals surface area contributed by atoms with Gasteiger partial charge in [0.2, 0.25) is 5.91 Å². The third kappa shape index (κ3) is 3.84. The van der Waals surface area contributed by atoms with E-state index < -0.39 is 5.76 Å². The Hall–Kier alpha value is -3.25. The number of halogens is 1. The number of hydrogen-bond acceptors (Lipinski definition) is 4. The van der Waals surface area contributed by atoms with Crippen LogP contribution < -0.4 is 10.5 Å². The summed E-state index contributed by atoms with van der Waals surface area (Å²) < 4.78 is 11.8. The lowest BCUT2D eigenvalue weighted by Crippen LogP contribution is -2.32. The first-order valence-electron chi connectivity index (χ1n) is 9.04. The van der Waals surface area contributed by atoms with Crippen molar-refractivity contribution < 1.29 is 13.9 Å². The average molecular weight is 411 g/mol. The maximum absolute atomic E-state index is 12.7. The molecule has 0 saturated heterocycles. The fraction of sp³-hybridized carbons (Fsp3) is 0.182. The van der Waals surface area contributed by atoms with Gasteiger partial charge >= 0.3 is 5.76 Å². The largest absolute Gasteiger partial charge is 0.497 e. The maximum Gasteiger partial charge on any atom is 0.420 e. The Morgan fingerprint density at radius 2 is 1.86 bits per heavy atom. The van der Waals surface area contributed by atoms with E-state index in [9.17, 15) is 9.59 Å². The predicted molar refractivity (Wildman–Crippen MR) is 112 cm³/mol. The first-order valence-corrected chi connectivity index (χ1v) is 9.42. The van der Waals surface area contributed by atoms with Gasteiger partial charge in [0.15, 0.2) is 5.58 Å². The molecule has 148 valence electrons. The number of nitrogens with zero attached hydrogens (tertiary/aromatic N) is 2. The van der Waals surface area contributed by atoms with Gasteiger partial charge in [0.25, 0.3) is 0 Å². The number of aromatic nitrogens is 1. The monoisotopic (exact) mass is 410 g/mol. The average Bonchev–Trinajstić information content (AvgIpc) is 3.01. The second-order valence-corrected chi connectivity index (χ2v) is 7.30. The molecule has 0 saturated carbocycles. The smallest absolute Gasteiger partial charge is 0.420 e. The van der Waals surface area contributed by atoms with E-state index in [0.29, 0.717) is 22.7 Å². The highest BCUT2D eigenvalue weighted by Crippen LogP contribution is 2.23. The zero-order chi connectivity index (χ0) is 20.5. The van der Waals surface area contributed by atoms with E-state index in [-0.39, 0.29) is 12.5 Å². The third-order valence-electron chi connectivity index (χ3n) is 4.88. The Labute approximate surface area is 171 Å². The Balaban J connectivity index is 1.52. The molecule has 7 heteroatoms. The van der Waals surface area contributed by atoms with Crippen molar-refractivity contribution in [3.05, 3.63) is 75.7 Å². The minimum Gasteiger partial charge on any atom is -0.497 e. The number of methoxy groups -OCH3 is 1. The second kappa shape index (κ2) is 7.64. The van der Waals surface area contributed by atoms with E-state index in [4.69, 9.17) is 20.8 Å². The van der Waals surface area contributed by atoms with Crippen LogP contribution in [0, 0.1) is 0 Å². The van der Waals surface area contributed by atoms with Gasteiger partial charge in [-0.25, -0.2) is 4.79 Å². The Morgan fingerprint density at radius 1 is 1.10 bits per heavy atom. The van der Waals surface area contributed by atoms with E-state index >= 15 is 0 Å². The molecule has 0 bridgehead atoms. The molecule has 0 aliphatic heterocycles. The number of benzene rings is 3. The van der Waals surface area contributed by atoms with Crippen LogP contribution in [-0.2, 0) is 17.9 Å². The molecule has 0 atom stereocenters. The maximum atomic E-state index is 12.7. The molecule has 0 unspecified atom stereocenters. The molecule has 0 radical (unpaired) electrons. The quantitative estimate of drug-likeness (QED) is 0.497. The van der Waals surface area contributed by atoms with Gasteiger partial charge in [-0.1, -0.05) is 29.8 Å². The van der Waals surface area contributed by atoms with Crippen LogP contribution in [0.1, 0.15) is 5.56 Å². The minimum atomic E-state index is -0.580. The van der Waals surface area contributed by atoms with Crippen molar-refractivity contribution >= 4 is 39.4 Å². The number of amides is 1. The van der Waals surface area contributed by atoms with E-state index in [1.165, 1.54) is 4.57 Å². The molecular formula is C22H19ClN2O4. The number of ether oxygens (including phenoxy) is 1. The summed E-state index contributed by atoms with van der Waals surface area (Å²) in [6.45, 7) is 0.325. The molecule has 0 spiro atoms. The third-order valence-corrected chi connectivity index (χ3v) is 5.12. The van der Waals surface area contributed by atoms with E-state index in [2.05, 4.69) is 0 Å². The molecule has 0 N–H and O–H groups in total. The molecule has 1 amide bonds. The molecule has 0 aliphatic carbocycles. The zero-order valence-electron chi connectivity index (χ0n) is 16.0. The SMILES string of the molecule is COc1ccc2cc(CN(C)C(=O)Cn3c(=O)oc4cc(Cl)ccc43)ccc2c1. The summed E-state index contributed by atoms with van der Waals surface area (Å²) in [5.41, 5.74) is 1.90. The van der Waals surface area contributed by atoms with Gasteiger partial charge < -0.3 is 14.1 Å². The summed E-state index contributed by atoms with van der Waals surface area (Å²) in [5.74, 6) is 0.0276. The number of fused-ring (bicyclic) bond motifs is 2. The Bertz CT molecular complexity index is 1280. The zero-order valence-corrected chi connectivity index (χ0v) is 16.8. The van der Waals surface area contributed by atoms with Crippen molar-refractivity contribution in [1.29, 1.82) is 0 Å². The number of likely N-dealkylation sites (N-methyl/N-ethyl adjacent to an activating group) is 1. The van der Waals surface area contributed by atoms with Gasteiger partial charge in [-0.05, 0) is 46.7 Å². The van der Waals surface area contributed by atoms with Gasteiger partial charge in [0.05, 0.1) is 12.6 Å². The van der Waals surface area contributed by atoms with Crippen LogP contribution in [-0.4, -0.2) is 29.5 Å². The normalized spacial score (nSPS) is 11.1. The topological polar surface area (TPSA) is 64.7 Å². The molecule has 1 aromatic heterocycles. The first-order chi connectivity index (χ1) is 13.9. The fourth-order valence-electron chi connectivity index (χ4n) is 3.31. The lowest BCUT2D eigenvalue weighted by atomic mass is 10.1. The lowest BCUT2D eigenvalue weighted by molar-refractivity contribution is -0.131. The van der Waals surface area contributed by atoms with E-state index in [0.717, 1.165) is 22.1 Å². The number of oxazole rings is 1. The summed E-state index contributed by atoms with van der Waals surface area (Å²) in [5, 5.41) is 2.60. The van der Waals surface area contributed by atoms with Crippen molar-refractivity contribution in [3.63, 3.8) is 0 Å². The standard InChI is InChI=1S/C22H19ClN2O4/c1-24(12-14-3-4-16-10-18(28-2)7-5-15(16)9-14)21(26)13-25-19-8-6-17(23)11-20(19)29-22(25)27/h3-11H,12-13H2,1-2H3. The van der Waals surface area contributed by atoms with Gasteiger partial charge in [0.1, 0.15) is 12.3 Å². The Kier molecular flexibility index (Phi) is 5.03. The van der Waals surface area contributed by atoms with Crippen LogP contribution in [0.4, 0.5) is 0 Å². The van der Waals surface area contributed by atoms with Gasteiger partial charge in [-0.2, -0.15) is 0 Å². The molecule has 3 aromatic carbocycles. The second-order valence-electron chi connectivity index (χ2n) is 6.86. The number of rotatable bonds is 5. The summed E-state index contributed by atoms with van der Waals surface area (Å²) in [7, 11) is 3.35. The van der Waals surface area contributed by atoms with Crippen molar-refractivity contribution in [3.8, 4) is 5.75 Å². The summed E-state index contributed by atoms with van der Waals surface area (Å²) in [6, 6.07) is 16.8. The Morgan fingerprint density at radius 3 is 2.66 bits per heavy atom. The summed E-state index contributed by atoms with van der Waals surface area (Å²) >= 11 is 5.93. The lowest BCUT2D eigenvalue weighted by Gasteiger charge is -2.18. The molecular weight excluding hydrogens is 392 g/mol. The highest BCUT2D eigenvalue weighted by atomic mass is 35.5. The molecule has 29 heavy (non-hydrogen) atoms. The van der Waals surface area contributed by atoms with Gasteiger partial charge in [-0.15, -0.1) is 0 Å². The number of hydrogen-bond donors (Lipinski definition) is 0. The summed E-state index contributed by atoms with van der Waals surface area (Å²) in [4.78, 5) is 26.4. The van der Waals surface area contributed by atoms with Gasteiger partial charge in [-0.3, -0.25) is 9.36 Å². The van der Waals surface area contributed by atoms with Gasteiger partial charge in [0, 0.05) is 24.7 Å². The molecule has 1 heterocycles.